The van der Waals surface area contributed by atoms with Crippen molar-refractivity contribution in [2.24, 2.45) is 11.7 Å². The number of hydrogen-bond acceptors (Lipinski definition) is 4. The van der Waals surface area contributed by atoms with Gasteiger partial charge < -0.3 is 15.4 Å². The van der Waals surface area contributed by atoms with E-state index in [9.17, 15) is 9.59 Å². The number of ether oxygens (including phenoxy) is 1. The topological polar surface area (TPSA) is 72.6 Å². The zero-order chi connectivity index (χ0) is 12.3. The molecule has 1 aliphatic rings. The van der Waals surface area contributed by atoms with Crippen molar-refractivity contribution in [3.8, 4) is 0 Å². The van der Waals surface area contributed by atoms with Gasteiger partial charge in [0.2, 0.25) is 5.91 Å². The Morgan fingerprint density at radius 2 is 2.19 bits per heavy atom. The van der Waals surface area contributed by atoms with Gasteiger partial charge in [0.05, 0.1) is 5.92 Å². The molecule has 0 radical (unpaired) electrons. The number of esters is 1. The highest BCUT2D eigenvalue weighted by Gasteiger charge is 2.36. The summed E-state index contributed by atoms with van der Waals surface area (Å²) in [6, 6.07) is 0. The van der Waals surface area contributed by atoms with Crippen molar-refractivity contribution >= 4 is 11.9 Å². The lowest BCUT2D eigenvalue weighted by molar-refractivity contribution is -0.159. The maximum absolute atomic E-state index is 11.7. The third-order valence-electron chi connectivity index (χ3n) is 2.35. The molecule has 0 aromatic carbocycles. The van der Waals surface area contributed by atoms with E-state index < -0.39 is 5.60 Å². The summed E-state index contributed by atoms with van der Waals surface area (Å²) in [4.78, 5) is 24.9. The van der Waals surface area contributed by atoms with Gasteiger partial charge in [-0.05, 0) is 20.8 Å². The van der Waals surface area contributed by atoms with E-state index >= 15 is 0 Å². The van der Waals surface area contributed by atoms with Crippen LogP contribution in [0.1, 0.15) is 27.2 Å². The Morgan fingerprint density at radius 1 is 1.56 bits per heavy atom. The van der Waals surface area contributed by atoms with Crippen LogP contribution in [0.3, 0.4) is 0 Å². The molecule has 1 amide bonds. The summed E-state index contributed by atoms with van der Waals surface area (Å²) in [5, 5.41) is 0. The quantitative estimate of drug-likeness (QED) is 0.697. The number of carbonyl (C=O) groups is 2. The number of amides is 1. The van der Waals surface area contributed by atoms with Crippen LogP contribution in [0.15, 0.2) is 0 Å². The van der Waals surface area contributed by atoms with Crippen LogP contribution in [-0.2, 0) is 14.3 Å². The molecule has 1 heterocycles. The van der Waals surface area contributed by atoms with Gasteiger partial charge in [0.1, 0.15) is 5.60 Å². The van der Waals surface area contributed by atoms with Crippen LogP contribution >= 0.6 is 0 Å². The van der Waals surface area contributed by atoms with E-state index in [2.05, 4.69) is 0 Å². The lowest BCUT2D eigenvalue weighted by atomic mass is 10.1. The first-order chi connectivity index (χ1) is 7.33. The minimum atomic E-state index is -0.499. The van der Waals surface area contributed by atoms with Crippen molar-refractivity contribution in [3.05, 3.63) is 0 Å². The molecular weight excluding hydrogens is 208 g/mol. The summed E-state index contributed by atoms with van der Waals surface area (Å²) >= 11 is 0. The summed E-state index contributed by atoms with van der Waals surface area (Å²) in [5.74, 6) is -0.639. The predicted octanol–water partition coefficient (Wildman–Crippen LogP) is 0.135. The maximum Gasteiger partial charge on any atom is 0.311 e. The van der Waals surface area contributed by atoms with E-state index in [0.717, 1.165) is 0 Å². The summed E-state index contributed by atoms with van der Waals surface area (Å²) in [6.07, 6.45) is 0.245. The van der Waals surface area contributed by atoms with Gasteiger partial charge in [0.25, 0.3) is 0 Å². The molecule has 0 aromatic heterocycles. The standard InChI is InChI=1S/C11H20N2O3/c1-11(2,3)16-10(15)8-6-9(14)13(7-8)5-4-12/h8H,4-7,12H2,1-3H3. The van der Waals surface area contributed by atoms with Gasteiger partial charge in [-0.3, -0.25) is 9.59 Å². The molecule has 5 nitrogen and oxygen atoms in total. The second-order valence-electron chi connectivity index (χ2n) is 5.06. The Morgan fingerprint density at radius 3 is 2.69 bits per heavy atom. The van der Waals surface area contributed by atoms with Gasteiger partial charge in [0, 0.05) is 26.1 Å². The first kappa shape index (κ1) is 13.0. The molecule has 0 bridgehead atoms. The van der Waals surface area contributed by atoms with Crippen molar-refractivity contribution in [2.45, 2.75) is 32.8 Å². The molecule has 0 aliphatic carbocycles. The molecule has 1 unspecified atom stereocenters. The Hall–Kier alpha value is -1.10. The minimum absolute atomic E-state index is 0.0127. The molecule has 16 heavy (non-hydrogen) atoms. The number of carbonyl (C=O) groups excluding carboxylic acids is 2. The molecule has 92 valence electrons. The van der Waals surface area contributed by atoms with E-state index in [4.69, 9.17) is 10.5 Å². The molecule has 2 N–H and O–H groups in total. The smallest absolute Gasteiger partial charge is 0.311 e. The Kier molecular flexibility index (Phi) is 3.91. The summed E-state index contributed by atoms with van der Waals surface area (Å²) in [6.45, 7) is 6.83. The summed E-state index contributed by atoms with van der Waals surface area (Å²) < 4.78 is 5.25. The molecule has 1 rings (SSSR count). The van der Waals surface area contributed by atoms with Gasteiger partial charge in [-0.15, -0.1) is 0 Å². The SMILES string of the molecule is CC(C)(C)OC(=O)C1CC(=O)N(CCN)C1. The first-order valence-corrected chi connectivity index (χ1v) is 5.54. The molecule has 0 spiro atoms. The van der Waals surface area contributed by atoms with E-state index in [-0.39, 0.29) is 24.2 Å². The third kappa shape index (κ3) is 3.48. The Balaban J connectivity index is 2.52. The van der Waals surface area contributed by atoms with Crippen molar-refractivity contribution in [3.63, 3.8) is 0 Å². The second-order valence-corrected chi connectivity index (χ2v) is 5.06. The van der Waals surface area contributed by atoms with E-state index in [1.54, 1.807) is 4.90 Å². The van der Waals surface area contributed by atoms with Gasteiger partial charge in [-0.25, -0.2) is 0 Å². The van der Waals surface area contributed by atoms with E-state index in [1.807, 2.05) is 20.8 Å². The monoisotopic (exact) mass is 228 g/mol. The average Bonchev–Trinajstić information content (AvgIpc) is 2.46. The number of nitrogens with two attached hydrogens (primary N) is 1. The normalized spacial score (nSPS) is 21.4. The number of hydrogen-bond donors (Lipinski definition) is 1. The molecule has 0 saturated carbocycles. The molecule has 1 aliphatic heterocycles. The highest BCUT2D eigenvalue weighted by atomic mass is 16.6. The fourth-order valence-electron chi connectivity index (χ4n) is 1.69. The molecular formula is C11H20N2O3. The van der Waals surface area contributed by atoms with Crippen LogP contribution in [0.4, 0.5) is 0 Å². The zero-order valence-corrected chi connectivity index (χ0v) is 10.2. The zero-order valence-electron chi connectivity index (χ0n) is 10.2. The molecule has 1 fully saturated rings. The maximum atomic E-state index is 11.7. The van der Waals surface area contributed by atoms with Crippen LogP contribution in [0.2, 0.25) is 0 Å². The summed E-state index contributed by atoms with van der Waals surface area (Å²) in [5.41, 5.74) is 4.89. The van der Waals surface area contributed by atoms with Crippen LogP contribution in [0.25, 0.3) is 0 Å². The highest BCUT2D eigenvalue weighted by molar-refractivity contribution is 5.86. The fourth-order valence-corrected chi connectivity index (χ4v) is 1.69. The Bertz CT molecular complexity index is 283. The van der Waals surface area contributed by atoms with Crippen LogP contribution in [-0.4, -0.2) is 42.0 Å². The first-order valence-electron chi connectivity index (χ1n) is 5.54. The predicted molar refractivity (Wildman–Crippen MR) is 59.6 cm³/mol. The average molecular weight is 228 g/mol. The third-order valence-corrected chi connectivity index (χ3v) is 2.35. The number of likely N-dealkylation sites (tertiary alicyclic amines) is 1. The van der Waals surface area contributed by atoms with E-state index in [1.165, 1.54) is 0 Å². The van der Waals surface area contributed by atoms with Gasteiger partial charge in [-0.1, -0.05) is 0 Å². The number of rotatable bonds is 3. The molecule has 1 saturated heterocycles. The van der Waals surface area contributed by atoms with Gasteiger partial charge in [-0.2, -0.15) is 0 Å². The fraction of sp³-hybridized carbons (Fsp3) is 0.818. The number of nitrogens with zero attached hydrogens (tertiary/aromatic N) is 1. The largest absolute Gasteiger partial charge is 0.460 e. The molecule has 0 aromatic rings. The van der Waals surface area contributed by atoms with Crippen LogP contribution in [0, 0.1) is 5.92 Å². The van der Waals surface area contributed by atoms with Crippen molar-refractivity contribution in [1.29, 1.82) is 0 Å². The van der Waals surface area contributed by atoms with E-state index in [0.29, 0.717) is 19.6 Å². The Labute approximate surface area is 95.9 Å². The van der Waals surface area contributed by atoms with Crippen LogP contribution in [0.5, 0.6) is 0 Å². The van der Waals surface area contributed by atoms with Crippen molar-refractivity contribution in [2.75, 3.05) is 19.6 Å². The molecule has 5 heteroatoms. The summed E-state index contributed by atoms with van der Waals surface area (Å²) in [7, 11) is 0. The van der Waals surface area contributed by atoms with Gasteiger partial charge >= 0.3 is 5.97 Å². The molecule has 1 atom stereocenters. The highest BCUT2D eigenvalue weighted by Crippen LogP contribution is 2.21. The van der Waals surface area contributed by atoms with Crippen molar-refractivity contribution < 1.29 is 14.3 Å². The lowest BCUT2D eigenvalue weighted by Gasteiger charge is -2.22. The minimum Gasteiger partial charge on any atom is -0.460 e. The lowest BCUT2D eigenvalue weighted by Crippen LogP contribution is -2.33. The van der Waals surface area contributed by atoms with Gasteiger partial charge in [0.15, 0.2) is 0 Å². The second kappa shape index (κ2) is 4.82. The van der Waals surface area contributed by atoms with Crippen molar-refractivity contribution in [1.82, 2.24) is 4.90 Å². The van der Waals surface area contributed by atoms with Crippen LogP contribution < -0.4 is 5.73 Å².